The van der Waals surface area contributed by atoms with Crippen LogP contribution in [0.5, 0.6) is 0 Å². The Morgan fingerprint density at radius 2 is 1.81 bits per heavy atom. The number of benzene rings is 2. The molecule has 4 rings (SSSR count). The molecule has 0 saturated carbocycles. The molecule has 2 heterocycles. The SMILES string of the molecule is O=C(N/N=C/c1cccn1-c1ccc(Br)cc1)c1cc2cc(Br)ccc2o1. The Labute approximate surface area is 171 Å². The molecule has 0 aliphatic carbocycles. The van der Waals surface area contributed by atoms with Gasteiger partial charge in [-0.3, -0.25) is 4.79 Å². The number of nitrogens with zero attached hydrogens (tertiary/aromatic N) is 2. The van der Waals surface area contributed by atoms with Gasteiger partial charge < -0.3 is 8.98 Å². The molecule has 5 nitrogen and oxygen atoms in total. The van der Waals surface area contributed by atoms with E-state index in [-0.39, 0.29) is 5.76 Å². The fourth-order valence-electron chi connectivity index (χ4n) is 2.67. The molecule has 0 bridgehead atoms. The third-order valence-corrected chi connectivity index (χ3v) is 4.97. The Balaban J connectivity index is 1.50. The fourth-order valence-corrected chi connectivity index (χ4v) is 3.32. The van der Waals surface area contributed by atoms with E-state index in [1.54, 1.807) is 12.3 Å². The second kappa shape index (κ2) is 7.54. The first kappa shape index (κ1) is 17.8. The van der Waals surface area contributed by atoms with Crippen LogP contribution in [0.4, 0.5) is 0 Å². The van der Waals surface area contributed by atoms with Crippen molar-refractivity contribution < 1.29 is 9.21 Å². The number of hydrogen-bond acceptors (Lipinski definition) is 3. The third-order valence-electron chi connectivity index (χ3n) is 3.95. The first-order valence-electron chi connectivity index (χ1n) is 8.06. The second-order valence-corrected chi connectivity index (χ2v) is 7.60. The summed E-state index contributed by atoms with van der Waals surface area (Å²) in [7, 11) is 0. The number of furan rings is 1. The molecule has 7 heteroatoms. The van der Waals surface area contributed by atoms with E-state index in [9.17, 15) is 4.79 Å². The maximum Gasteiger partial charge on any atom is 0.307 e. The summed E-state index contributed by atoms with van der Waals surface area (Å²) in [6, 6.07) is 19.0. The highest BCUT2D eigenvalue weighted by molar-refractivity contribution is 9.10. The van der Waals surface area contributed by atoms with Gasteiger partial charge in [0.15, 0.2) is 5.76 Å². The predicted molar refractivity (Wildman–Crippen MR) is 112 cm³/mol. The van der Waals surface area contributed by atoms with E-state index in [1.807, 2.05) is 65.4 Å². The average Bonchev–Trinajstić information content (AvgIpc) is 3.29. The van der Waals surface area contributed by atoms with Crippen LogP contribution < -0.4 is 5.43 Å². The van der Waals surface area contributed by atoms with Gasteiger partial charge in [-0.05, 0) is 60.7 Å². The van der Waals surface area contributed by atoms with Gasteiger partial charge >= 0.3 is 5.91 Å². The van der Waals surface area contributed by atoms with E-state index in [4.69, 9.17) is 4.42 Å². The van der Waals surface area contributed by atoms with E-state index in [1.165, 1.54) is 0 Å². The van der Waals surface area contributed by atoms with Crippen molar-refractivity contribution in [1.29, 1.82) is 0 Å². The molecule has 4 aromatic rings. The number of halogens is 2. The van der Waals surface area contributed by atoms with E-state index in [2.05, 4.69) is 42.4 Å². The summed E-state index contributed by atoms with van der Waals surface area (Å²) in [5, 5.41) is 4.91. The molecule has 2 aromatic heterocycles. The van der Waals surface area contributed by atoms with E-state index in [0.29, 0.717) is 5.58 Å². The number of carbonyl (C=O) groups is 1. The minimum absolute atomic E-state index is 0.212. The Kier molecular flexibility index (Phi) is 4.96. The Morgan fingerprint density at radius 1 is 1.04 bits per heavy atom. The summed E-state index contributed by atoms with van der Waals surface area (Å²) in [5.41, 5.74) is 4.99. The Morgan fingerprint density at radius 3 is 2.63 bits per heavy atom. The maximum absolute atomic E-state index is 12.3. The van der Waals surface area contributed by atoms with Gasteiger partial charge in [0.1, 0.15) is 5.58 Å². The predicted octanol–water partition coefficient (Wildman–Crippen LogP) is 5.51. The third kappa shape index (κ3) is 3.89. The first-order chi connectivity index (χ1) is 13.1. The molecule has 0 fully saturated rings. The van der Waals surface area contributed by atoms with Crippen molar-refractivity contribution in [2.45, 2.75) is 0 Å². The van der Waals surface area contributed by atoms with Crippen LogP contribution in [-0.2, 0) is 0 Å². The summed E-state index contributed by atoms with van der Waals surface area (Å²) in [5.74, 6) is -0.191. The minimum Gasteiger partial charge on any atom is -0.451 e. The van der Waals surface area contributed by atoms with Crippen molar-refractivity contribution >= 4 is 55.0 Å². The monoisotopic (exact) mass is 485 g/mol. The number of aromatic nitrogens is 1. The van der Waals surface area contributed by atoms with Crippen molar-refractivity contribution in [3.05, 3.63) is 87.3 Å². The molecule has 0 saturated heterocycles. The smallest absolute Gasteiger partial charge is 0.307 e. The van der Waals surface area contributed by atoms with Gasteiger partial charge in [-0.25, -0.2) is 5.43 Å². The molecular formula is C20H13Br2N3O2. The summed E-state index contributed by atoms with van der Waals surface area (Å²) in [4.78, 5) is 12.3. The minimum atomic E-state index is -0.402. The molecule has 0 unspecified atom stereocenters. The van der Waals surface area contributed by atoms with Crippen LogP contribution in [0.25, 0.3) is 16.7 Å². The van der Waals surface area contributed by atoms with Crippen LogP contribution in [0.3, 0.4) is 0 Å². The van der Waals surface area contributed by atoms with Crippen molar-refractivity contribution in [3.8, 4) is 5.69 Å². The lowest BCUT2D eigenvalue weighted by atomic mass is 10.2. The van der Waals surface area contributed by atoms with Crippen LogP contribution in [0, 0.1) is 0 Å². The largest absolute Gasteiger partial charge is 0.451 e. The molecule has 1 amide bonds. The fraction of sp³-hybridized carbons (Fsp3) is 0. The van der Waals surface area contributed by atoms with E-state index in [0.717, 1.165) is 25.7 Å². The van der Waals surface area contributed by atoms with Gasteiger partial charge in [0.25, 0.3) is 0 Å². The molecule has 0 atom stereocenters. The molecule has 1 N–H and O–H groups in total. The van der Waals surface area contributed by atoms with Crippen LogP contribution in [-0.4, -0.2) is 16.7 Å². The lowest BCUT2D eigenvalue weighted by molar-refractivity contribution is 0.0929. The molecule has 2 aromatic carbocycles. The first-order valence-corrected chi connectivity index (χ1v) is 9.64. The quantitative estimate of drug-likeness (QED) is 0.305. The number of fused-ring (bicyclic) bond motifs is 1. The van der Waals surface area contributed by atoms with Crippen LogP contribution in [0.1, 0.15) is 16.2 Å². The second-order valence-electron chi connectivity index (χ2n) is 5.77. The molecule has 0 radical (unpaired) electrons. The summed E-state index contributed by atoms with van der Waals surface area (Å²) < 4.78 is 9.47. The number of nitrogens with one attached hydrogen (secondary N) is 1. The highest BCUT2D eigenvalue weighted by Gasteiger charge is 2.11. The summed E-state index contributed by atoms with van der Waals surface area (Å²) >= 11 is 6.83. The van der Waals surface area contributed by atoms with Crippen molar-refractivity contribution in [3.63, 3.8) is 0 Å². The van der Waals surface area contributed by atoms with Gasteiger partial charge in [0.05, 0.1) is 11.9 Å². The number of rotatable bonds is 4. The highest BCUT2D eigenvalue weighted by Crippen LogP contribution is 2.23. The van der Waals surface area contributed by atoms with Crippen molar-refractivity contribution in [2.24, 2.45) is 5.10 Å². The number of amides is 1. The highest BCUT2D eigenvalue weighted by atomic mass is 79.9. The normalized spacial score (nSPS) is 11.3. The molecule has 0 aliphatic heterocycles. The Bertz CT molecular complexity index is 1140. The zero-order valence-corrected chi connectivity index (χ0v) is 17.1. The van der Waals surface area contributed by atoms with Crippen LogP contribution in [0.15, 0.2) is 85.3 Å². The summed E-state index contributed by atoms with van der Waals surface area (Å²) in [6.07, 6.45) is 3.53. The van der Waals surface area contributed by atoms with Gasteiger partial charge in [-0.2, -0.15) is 5.10 Å². The van der Waals surface area contributed by atoms with Gasteiger partial charge in [0, 0.05) is 26.2 Å². The maximum atomic E-state index is 12.3. The molecule has 134 valence electrons. The van der Waals surface area contributed by atoms with Gasteiger partial charge in [0.2, 0.25) is 0 Å². The lowest BCUT2D eigenvalue weighted by Gasteiger charge is -2.06. The average molecular weight is 487 g/mol. The molecular weight excluding hydrogens is 474 g/mol. The van der Waals surface area contributed by atoms with Crippen molar-refractivity contribution in [1.82, 2.24) is 9.99 Å². The number of hydrogen-bond donors (Lipinski definition) is 1. The zero-order valence-electron chi connectivity index (χ0n) is 13.9. The lowest BCUT2D eigenvalue weighted by Crippen LogP contribution is -2.17. The van der Waals surface area contributed by atoms with Gasteiger partial charge in [-0.1, -0.05) is 31.9 Å². The molecule has 0 spiro atoms. The molecule has 27 heavy (non-hydrogen) atoms. The topological polar surface area (TPSA) is 59.5 Å². The van der Waals surface area contributed by atoms with Crippen molar-refractivity contribution in [2.75, 3.05) is 0 Å². The Hall–Kier alpha value is -2.64. The van der Waals surface area contributed by atoms with Gasteiger partial charge in [-0.15, -0.1) is 0 Å². The summed E-state index contributed by atoms with van der Waals surface area (Å²) in [6.45, 7) is 0. The van der Waals surface area contributed by atoms with E-state index < -0.39 is 5.91 Å². The van der Waals surface area contributed by atoms with E-state index >= 15 is 0 Å². The zero-order chi connectivity index (χ0) is 18.8. The van der Waals surface area contributed by atoms with Crippen LogP contribution in [0.2, 0.25) is 0 Å². The van der Waals surface area contributed by atoms with Crippen LogP contribution >= 0.6 is 31.9 Å². The number of carbonyl (C=O) groups excluding carboxylic acids is 1. The standard InChI is InChI=1S/C20H13Br2N3O2/c21-14-3-6-16(7-4-14)25-9-1-2-17(25)12-23-24-20(26)19-11-13-10-15(22)5-8-18(13)27-19/h1-12H,(H,24,26)/b23-12+. The number of hydrazone groups is 1. The molecule has 0 aliphatic rings.